The molecule has 0 fully saturated rings. The van der Waals surface area contributed by atoms with Crippen LogP contribution in [0, 0.1) is 0 Å². The van der Waals surface area contributed by atoms with E-state index in [1.165, 1.54) is 38.2 Å². The zero-order chi connectivity index (χ0) is 19.9. The lowest BCUT2D eigenvalue weighted by Crippen LogP contribution is -2.36. The molecular weight excluding hydrogens is 368 g/mol. The van der Waals surface area contributed by atoms with Gasteiger partial charge in [-0.1, -0.05) is 30.3 Å². The Morgan fingerprint density at radius 1 is 1.04 bits per heavy atom. The molecule has 1 unspecified atom stereocenters. The van der Waals surface area contributed by atoms with Crippen LogP contribution in [0.25, 0.3) is 0 Å². The number of carbonyl (C=O) groups is 2. The fourth-order valence-electron chi connectivity index (χ4n) is 2.29. The smallest absolute Gasteiger partial charge is 0.338 e. The number of hydrogen-bond donors (Lipinski definition) is 2. The second-order valence-electron chi connectivity index (χ2n) is 5.81. The van der Waals surface area contributed by atoms with Crippen LogP contribution in [0.4, 0.5) is 0 Å². The number of ether oxygens (including phenoxy) is 1. The molecule has 0 spiro atoms. The molecule has 0 aliphatic carbocycles. The van der Waals surface area contributed by atoms with Gasteiger partial charge in [0.2, 0.25) is 10.0 Å². The van der Waals surface area contributed by atoms with Gasteiger partial charge in [0.05, 0.1) is 10.5 Å². The SMILES string of the molecule is CNS(=O)(=O)c1ccc(C(=O)OC(C)C(=O)NCCc2ccccc2)cc1. The Morgan fingerprint density at radius 3 is 2.26 bits per heavy atom. The Balaban J connectivity index is 1.86. The number of benzene rings is 2. The Kier molecular flexibility index (Phi) is 7.09. The van der Waals surface area contributed by atoms with E-state index < -0.39 is 28.0 Å². The highest BCUT2D eigenvalue weighted by atomic mass is 32.2. The van der Waals surface area contributed by atoms with Gasteiger partial charge in [0.25, 0.3) is 5.91 Å². The fraction of sp³-hybridized carbons (Fsp3) is 0.263. The first-order valence-electron chi connectivity index (χ1n) is 8.39. The molecule has 2 aromatic rings. The second kappa shape index (κ2) is 9.29. The van der Waals surface area contributed by atoms with Gasteiger partial charge in [0, 0.05) is 6.54 Å². The van der Waals surface area contributed by atoms with Crippen molar-refractivity contribution in [3.63, 3.8) is 0 Å². The summed E-state index contributed by atoms with van der Waals surface area (Å²) in [7, 11) is -2.28. The van der Waals surface area contributed by atoms with Crippen LogP contribution in [0.15, 0.2) is 59.5 Å². The van der Waals surface area contributed by atoms with Gasteiger partial charge in [-0.15, -0.1) is 0 Å². The highest BCUT2D eigenvalue weighted by molar-refractivity contribution is 7.89. The van der Waals surface area contributed by atoms with Gasteiger partial charge >= 0.3 is 5.97 Å². The molecule has 0 aliphatic rings. The maximum atomic E-state index is 12.1. The second-order valence-corrected chi connectivity index (χ2v) is 7.69. The highest BCUT2D eigenvalue weighted by Crippen LogP contribution is 2.12. The van der Waals surface area contributed by atoms with Crippen LogP contribution in [0.5, 0.6) is 0 Å². The van der Waals surface area contributed by atoms with E-state index in [4.69, 9.17) is 4.74 Å². The van der Waals surface area contributed by atoms with E-state index in [0.717, 1.165) is 5.56 Å². The lowest BCUT2D eigenvalue weighted by atomic mass is 10.1. The van der Waals surface area contributed by atoms with Crippen molar-refractivity contribution in [1.29, 1.82) is 0 Å². The standard InChI is InChI=1S/C19H22N2O5S/c1-14(18(22)21-13-12-15-6-4-3-5-7-15)26-19(23)16-8-10-17(11-9-16)27(24,25)20-2/h3-11,14,20H,12-13H2,1-2H3,(H,21,22). The van der Waals surface area contributed by atoms with Crippen LogP contribution in [-0.2, 0) is 26.0 Å². The number of carbonyl (C=O) groups excluding carboxylic acids is 2. The Labute approximate surface area is 158 Å². The summed E-state index contributed by atoms with van der Waals surface area (Å²) in [5.41, 5.74) is 1.26. The molecule has 27 heavy (non-hydrogen) atoms. The van der Waals surface area contributed by atoms with Crippen molar-refractivity contribution in [3.8, 4) is 0 Å². The third-order valence-electron chi connectivity index (χ3n) is 3.88. The Morgan fingerprint density at radius 2 is 1.67 bits per heavy atom. The van der Waals surface area contributed by atoms with E-state index in [1.54, 1.807) is 0 Å². The summed E-state index contributed by atoms with van der Waals surface area (Å²) in [6.45, 7) is 1.91. The lowest BCUT2D eigenvalue weighted by Gasteiger charge is -2.14. The minimum absolute atomic E-state index is 0.0354. The number of hydrogen-bond acceptors (Lipinski definition) is 5. The third kappa shape index (κ3) is 5.90. The molecule has 2 N–H and O–H groups in total. The van der Waals surface area contributed by atoms with Crippen molar-refractivity contribution in [3.05, 3.63) is 65.7 Å². The molecule has 0 heterocycles. The summed E-state index contributed by atoms with van der Waals surface area (Å²) in [4.78, 5) is 24.2. The summed E-state index contributed by atoms with van der Waals surface area (Å²) in [5, 5.41) is 2.72. The highest BCUT2D eigenvalue weighted by Gasteiger charge is 2.19. The first-order valence-corrected chi connectivity index (χ1v) is 9.88. The molecule has 0 saturated heterocycles. The molecule has 1 amide bonds. The minimum atomic E-state index is -3.58. The number of esters is 1. The molecule has 2 rings (SSSR count). The van der Waals surface area contributed by atoms with E-state index in [-0.39, 0.29) is 10.5 Å². The van der Waals surface area contributed by atoms with Crippen molar-refractivity contribution in [2.75, 3.05) is 13.6 Å². The Hall–Kier alpha value is -2.71. The normalized spacial score (nSPS) is 12.2. The zero-order valence-corrected chi connectivity index (χ0v) is 16.0. The van der Waals surface area contributed by atoms with Crippen LogP contribution in [-0.4, -0.2) is 40.0 Å². The molecule has 1 atom stereocenters. The monoisotopic (exact) mass is 390 g/mol. The van der Waals surface area contributed by atoms with Crippen molar-refractivity contribution in [2.24, 2.45) is 0 Å². The summed E-state index contributed by atoms with van der Waals surface area (Å²) >= 11 is 0. The van der Waals surface area contributed by atoms with Crippen LogP contribution in [0.2, 0.25) is 0 Å². The molecular formula is C19H22N2O5S. The maximum absolute atomic E-state index is 12.1. The molecule has 2 aromatic carbocycles. The molecule has 0 aliphatic heterocycles. The van der Waals surface area contributed by atoms with Gasteiger partial charge in [0.1, 0.15) is 0 Å². The summed E-state index contributed by atoms with van der Waals surface area (Å²) < 4.78 is 30.7. The number of amides is 1. The summed E-state index contributed by atoms with van der Waals surface area (Å²) in [6, 6.07) is 15.0. The molecule has 8 heteroatoms. The van der Waals surface area contributed by atoms with Gasteiger partial charge in [-0.05, 0) is 50.2 Å². The van der Waals surface area contributed by atoms with Gasteiger partial charge in [-0.3, -0.25) is 4.79 Å². The summed E-state index contributed by atoms with van der Waals surface area (Å²) in [5.74, 6) is -1.09. The number of nitrogens with one attached hydrogen (secondary N) is 2. The van der Waals surface area contributed by atoms with Crippen LogP contribution in [0.3, 0.4) is 0 Å². The quantitative estimate of drug-likeness (QED) is 0.665. The molecule has 0 radical (unpaired) electrons. The van der Waals surface area contributed by atoms with Gasteiger partial charge in [-0.2, -0.15) is 0 Å². The predicted molar refractivity (Wildman–Crippen MR) is 101 cm³/mol. The number of rotatable bonds is 8. The van der Waals surface area contributed by atoms with Crippen molar-refractivity contribution in [2.45, 2.75) is 24.3 Å². The van der Waals surface area contributed by atoms with E-state index in [0.29, 0.717) is 13.0 Å². The molecule has 7 nitrogen and oxygen atoms in total. The molecule has 0 bridgehead atoms. The molecule has 0 saturated carbocycles. The van der Waals surface area contributed by atoms with Gasteiger partial charge in [0.15, 0.2) is 6.10 Å². The minimum Gasteiger partial charge on any atom is -0.449 e. The Bertz CT molecular complexity index is 880. The first-order chi connectivity index (χ1) is 12.8. The fourth-order valence-corrected chi connectivity index (χ4v) is 3.02. The maximum Gasteiger partial charge on any atom is 0.338 e. The first kappa shape index (κ1) is 20.6. The van der Waals surface area contributed by atoms with Crippen molar-refractivity contribution < 1.29 is 22.7 Å². The lowest BCUT2D eigenvalue weighted by molar-refractivity contribution is -0.129. The van der Waals surface area contributed by atoms with E-state index in [2.05, 4.69) is 10.0 Å². The number of sulfonamides is 1. The van der Waals surface area contributed by atoms with E-state index >= 15 is 0 Å². The van der Waals surface area contributed by atoms with Gasteiger partial charge < -0.3 is 10.1 Å². The third-order valence-corrected chi connectivity index (χ3v) is 5.31. The largest absolute Gasteiger partial charge is 0.449 e. The van der Waals surface area contributed by atoms with E-state index in [9.17, 15) is 18.0 Å². The average Bonchev–Trinajstić information content (AvgIpc) is 2.68. The van der Waals surface area contributed by atoms with Crippen molar-refractivity contribution >= 4 is 21.9 Å². The van der Waals surface area contributed by atoms with E-state index in [1.807, 2.05) is 30.3 Å². The van der Waals surface area contributed by atoms with Crippen LogP contribution in [0.1, 0.15) is 22.8 Å². The molecule has 0 aromatic heterocycles. The zero-order valence-electron chi connectivity index (χ0n) is 15.1. The summed E-state index contributed by atoms with van der Waals surface area (Å²) in [6.07, 6.45) is -0.289. The predicted octanol–water partition coefficient (Wildman–Crippen LogP) is 1.50. The molecule has 144 valence electrons. The van der Waals surface area contributed by atoms with Gasteiger partial charge in [-0.25, -0.2) is 17.9 Å². The van der Waals surface area contributed by atoms with Crippen LogP contribution >= 0.6 is 0 Å². The van der Waals surface area contributed by atoms with Crippen molar-refractivity contribution in [1.82, 2.24) is 10.0 Å². The van der Waals surface area contributed by atoms with Crippen LogP contribution < -0.4 is 10.0 Å². The topological polar surface area (TPSA) is 102 Å². The average molecular weight is 390 g/mol.